The monoisotopic (exact) mass is 394 g/mol. The van der Waals surface area contributed by atoms with E-state index in [0.717, 1.165) is 17.9 Å². The van der Waals surface area contributed by atoms with Crippen molar-refractivity contribution in [2.45, 2.75) is 37.6 Å². The van der Waals surface area contributed by atoms with Crippen LogP contribution in [0.5, 0.6) is 0 Å². The van der Waals surface area contributed by atoms with Gasteiger partial charge in [-0.05, 0) is 63.1 Å². The van der Waals surface area contributed by atoms with Crippen molar-refractivity contribution in [1.29, 1.82) is 0 Å². The first kappa shape index (κ1) is 19.6. The fourth-order valence-electron chi connectivity index (χ4n) is 3.22. The Hall–Kier alpha value is -2.19. The fraction of sp³-hybridized carbons (Fsp3) is 0.421. The average Bonchev–Trinajstić information content (AvgIpc) is 3.09. The van der Waals surface area contributed by atoms with E-state index in [0.29, 0.717) is 25.1 Å². The lowest BCUT2D eigenvalue weighted by atomic mass is 9.98. The van der Waals surface area contributed by atoms with E-state index in [1.54, 1.807) is 0 Å². The molecule has 0 bridgehead atoms. The minimum atomic E-state index is -3.75. The van der Waals surface area contributed by atoms with Gasteiger partial charge in [0.1, 0.15) is 17.3 Å². The van der Waals surface area contributed by atoms with Crippen LogP contribution < -0.4 is 5.32 Å². The third kappa shape index (κ3) is 4.39. The zero-order valence-corrected chi connectivity index (χ0v) is 16.1. The number of carbonyl (C=O) groups excluding carboxylic acids is 1. The van der Waals surface area contributed by atoms with Crippen LogP contribution >= 0.6 is 0 Å². The number of piperidine rings is 1. The maximum Gasteiger partial charge on any atom is 0.243 e. The molecule has 2 aromatic rings. The van der Waals surface area contributed by atoms with Gasteiger partial charge in [0.2, 0.25) is 15.9 Å². The van der Waals surface area contributed by atoms with Crippen LogP contribution in [0.1, 0.15) is 37.3 Å². The van der Waals surface area contributed by atoms with Crippen LogP contribution in [0.4, 0.5) is 4.39 Å². The standard InChI is InChI=1S/C19H23FN2O4S/c1-13-5-10-18(26-13)14(2)21-19(23)15-4-3-11-22(12-15)27(24,25)17-8-6-16(20)7-9-17/h5-10,14-15H,3-4,11-12H2,1-2H3,(H,21,23). The van der Waals surface area contributed by atoms with Gasteiger partial charge in [0.25, 0.3) is 0 Å². The fourth-order valence-corrected chi connectivity index (χ4v) is 4.74. The Labute approximate surface area is 158 Å². The maximum absolute atomic E-state index is 13.1. The van der Waals surface area contributed by atoms with Crippen molar-refractivity contribution in [3.8, 4) is 0 Å². The van der Waals surface area contributed by atoms with Crippen molar-refractivity contribution in [1.82, 2.24) is 9.62 Å². The van der Waals surface area contributed by atoms with Crippen LogP contribution in [0.2, 0.25) is 0 Å². The predicted molar refractivity (Wildman–Crippen MR) is 97.9 cm³/mol. The van der Waals surface area contributed by atoms with Crippen LogP contribution in [-0.2, 0) is 14.8 Å². The van der Waals surface area contributed by atoms with Gasteiger partial charge >= 0.3 is 0 Å². The molecular weight excluding hydrogens is 371 g/mol. The van der Waals surface area contributed by atoms with Crippen LogP contribution in [-0.4, -0.2) is 31.7 Å². The zero-order chi connectivity index (χ0) is 19.6. The number of aryl methyl sites for hydroxylation is 1. The van der Waals surface area contributed by atoms with Crippen molar-refractivity contribution < 1.29 is 22.0 Å². The SMILES string of the molecule is Cc1ccc(C(C)NC(=O)C2CCCN(S(=O)(=O)c3ccc(F)cc3)C2)o1. The molecule has 27 heavy (non-hydrogen) atoms. The molecule has 0 aliphatic carbocycles. The first-order chi connectivity index (χ1) is 12.8. The summed E-state index contributed by atoms with van der Waals surface area (Å²) in [6.07, 6.45) is 1.21. The topological polar surface area (TPSA) is 79.6 Å². The number of nitrogens with zero attached hydrogens (tertiary/aromatic N) is 1. The molecule has 6 nitrogen and oxygen atoms in total. The highest BCUT2D eigenvalue weighted by Gasteiger charge is 2.33. The highest BCUT2D eigenvalue weighted by molar-refractivity contribution is 7.89. The molecule has 1 aliphatic rings. The second-order valence-electron chi connectivity index (χ2n) is 6.83. The summed E-state index contributed by atoms with van der Waals surface area (Å²) in [5.74, 6) is 0.294. The number of sulfonamides is 1. The first-order valence-corrected chi connectivity index (χ1v) is 10.3. The average molecular weight is 394 g/mol. The summed E-state index contributed by atoms with van der Waals surface area (Å²) in [6.45, 7) is 4.11. The van der Waals surface area contributed by atoms with E-state index in [2.05, 4.69) is 5.32 Å². The highest BCUT2D eigenvalue weighted by atomic mass is 32.2. The van der Waals surface area contributed by atoms with Gasteiger partial charge in [-0.3, -0.25) is 4.79 Å². The molecular formula is C19H23FN2O4S. The number of nitrogens with one attached hydrogen (secondary N) is 1. The molecule has 0 spiro atoms. The number of hydrogen-bond acceptors (Lipinski definition) is 4. The summed E-state index contributed by atoms with van der Waals surface area (Å²) in [4.78, 5) is 12.7. The van der Waals surface area contributed by atoms with Gasteiger partial charge in [0.15, 0.2) is 0 Å². The molecule has 0 radical (unpaired) electrons. The molecule has 3 rings (SSSR count). The number of rotatable bonds is 5. The van der Waals surface area contributed by atoms with Gasteiger partial charge in [0, 0.05) is 13.1 Å². The summed E-state index contributed by atoms with van der Waals surface area (Å²) in [6, 6.07) is 8.07. The van der Waals surface area contributed by atoms with Crippen molar-refractivity contribution in [2.24, 2.45) is 5.92 Å². The Balaban J connectivity index is 1.68. The second-order valence-corrected chi connectivity index (χ2v) is 8.77. The van der Waals surface area contributed by atoms with E-state index in [1.807, 2.05) is 26.0 Å². The Bertz CT molecular complexity index is 908. The molecule has 1 amide bonds. The molecule has 1 aliphatic heterocycles. The predicted octanol–water partition coefficient (Wildman–Crippen LogP) is 3.01. The van der Waals surface area contributed by atoms with Gasteiger partial charge in [-0.2, -0.15) is 4.31 Å². The van der Waals surface area contributed by atoms with E-state index in [4.69, 9.17) is 4.42 Å². The van der Waals surface area contributed by atoms with Gasteiger partial charge in [-0.1, -0.05) is 0 Å². The van der Waals surface area contributed by atoms with E-state index >= 15 is 0 Å². The van der Waals surface area contributed by atoms with Crippen molar-refractivity contribution in [3.63, 3.8) is 0 Å². The summed E-state index contributed by atoms with van der Waals surface area (Å²) in [5.41, 5.74) is 0. The Morgan fingerprint density at radius 3 is 2.59 bits per heavy atom. The third-order valence-electron chi connectivity index (χ3n) is 4.75. The molecule has 0 saturated carbocycles. The summed E-state index contributed by atoms with van der Waals surface area (Å²) < 4.78 is 45.4. The highest BCUT2D eigenvalue weighted by Crippen LogP contribution is 2.25. The molecule has 146 valence electrons. The van der Waals surface area contributed by atoms with Crippen LogP contribution in [0, 0.1) is 18.7 Å². The molecule has 1 saturated heterocycles. The Kier molecular flexibility index (Phi) is 5.67. The molecule has 2 atom stereocenters. The number of benzene rings is 1. The van der Waals surface area contributed by atoms with Crippen molar-refractivity contribution >= 4 is 15.9 Å². The lowest BCUT2D eigenvalue weighted by Gasteiger charge is -2.31. The summed E-state index contributed by atoms with van der Waals surface area (Å²) in [5, 5.41) is 2.89. The number of amides is 1. The van der Waals surface area contributed by atoms with Gasteiger partial charge in [-0.25, -0.2) is 12.8 Å². The van der Waals surface area contributed by atoms with Crippen LogP contribution in [0.15, 0.2) is 45.7 Å². The Morgan fingerprint density at radius 1 is 1.26 bits per heavy atom. The van der Waals surface area contributed by atoms with E-state index in [9.17, 15) is 17.6 Å². The second kappa shape index (κ2) is 7.82. The molecule has 1 aromatic carbocycles. The van der Waals surface area contributed by atoms with Gasteiger partial charge < -0.3 is 9.73 Å². The van der Waals surface area contributed by atoms with Crippen LogP contribution in [0.25, 0.3) is 0 Å². The smallest absolute Gasteiger partial charge is 0.243 e. The van der Waals surface area contributed by atoms with E-state index < -0.39 is 21.8 Å². The van der Waals surface area contributed by atoms with E-state index in [-0.39, 0.29) is 23.4 Å². The first-order valence-electron chi connectivity index (χ1n) is 8.90. The number of furan rings is 1. The maximum atomic E-state index is 13.1. The van der Waals surface area contributed by atoms with Crippen LogP contribution in [0.3, 0.4) is 0 Å². The van der Waals surface area contributed by atoms with Gasteiger partial charge in [-0.15, -0.1) is 0 Å². The number of halogens is 1. The third-order valence-corrected chi connectivity index (χ3v) is 6.63. The minimum absolute atomic E-state index is 0.0318. The zero-order valence-electron chi connectivity index (χ0n) is 15.3. The number of carbonyl (C=O) groups is 1. The molecule has 2 unspecified atom stereocenters. The van der Waals surface area contributed by atoms with Crippen molar-refractivity contribution in [3.05, 3.63) is 53.7 Å². The lowest BCUT2D eigenvalue weighted by molar-refractivity contribution is -0.126. The quantitative estimate of drug-likeness (QED) is 0.845. The van der Waals surface area contributed by atoms with E-state index in [1.165, 1.54) is 16.4 Å². The van der Waals surface area contributed by atoms with Crippen molar-refractivity contribution in [2.75, 3.05) is 13.1 Å². The molecule has 1 aromatic heterocycles. The number of hydrogen-bond donors (Lipinski definition) is 1. The molecule has 8 heteroatoms. The minimum Gasteiger partial charge on any atom is -0.464 e. The molecule has 1 fully saturated rings. The Morgan fingerprint density at radius 2 is 1.96 bits per heavy atom. The largest absolute Gasteiger partial charge is 0.464 e. The summed E-state index contributed by atoms with van der Waals surface area (Å²) >= 11 is 0. The normalized spacial score (nSPS) is 19.6. The van der Waals surface area contributed by atoms with Gasteiger partial charge in [0.05, 0.1) is 16.9 Å². The summed E-state index contributed by atoms with van der Waals surface area (Å²) in [7, 11) is -3.75. The lowest BCUT2D eigenvalue weighted by Crippen LogP contribution is -2.45. The molecule has 2 heterocycles. The molecule has 1 N–H and O–H groups in total.